The van der Waals surface area contributed by atoms with Crippen molar-refractivity contribution < 1.29 is 9.18 Å². The van der Waals surface area contributed by atoms with Crippen LogP contribution in [0.1, 0.15) is 12.5 Å². The molecule has 2 heterocycles. The molecule has 26 heavy (non-hydrogen) atoms. The van der Waals surface area contributed by atoms with Crippen molar-refractivity contribution in [3.63, 3.8) is 0 Å². The lowest BCUT2D eigenvalue weighted by Crippen LogP contribution is -2.28. The van der Waals surface area contributed by atoms with Crippen LogP contribution in [0.5, 0.6) is 0 Å². The fraction of sp³-hybridized carbons (Fsp3) is 0.278. The zero-order valence-corrected chi connectivity index (χ0v) is 16.2. The molecule has 0 aliphatic heterocycles. The number of halogens is 1. The molecule has 0 spiro atoms. The number of carbonyl (C=O) groups is 1. The van der Waals surface area contributed by atoms with Gasteiger partial charge in [0.15, 0.2) is 11.0 Å². The second-order valence-electron chi connectivity index (χ2n) is 5.66. The van der Waals surface area contributed by atoms with Crippen molar-refractivity contribution in [1.82, 2.24) is 19.7 Å². The number of nitrogens with zero attached hydrogens (tertiary/aromatic N) is 4. The predicted molar refractivity (Wildman–Crippen MR) is 103 cm³/mol. The van der Waals surface area contributed by atoms with Crippen molar-refractivity contribution in [1.29, 1.82) is 0 Å². The van der Waals surface area contributed by atoms with Gasteiger partial charge in [-0.25, -0.2) is 4.39 Å². The Morgan fingerprint density at radius 1 is 1.27 bits per heavy atom. The molecule has 3 rings (SSSR count). The maximum absolute atomic E-state index is 13.7. The lowest BCUT2D eigenvalue weighted by Gasteiger charge is -2.17. The van der Waals surface area contributed by atoms with E-state index in [1.807, 2.05) is 29.0 Å². The standard InChI is InChI=1S/C18H19FN4OS2/c1-3-23-17(15-9-6-10-25-15)20-21-18(23)26-12-16(24)22(2)11-13-7-4-5-8-14(13)19/h4-10H,3,11-12H2,1-2H3. The summed E-state index contributed by atoms with van der Waals surface area (Å²) in [4.78, 5) is 15.0. The Bertz CT molecular complexity index is 879. The van der Waals surface area contributed by atoms with Crippen molar-refractivity contribution >= 4 is 29.0 Å². The maximum atomic E-state index is 13.7. The van der Waals surface area contributed by atoms with E-state index in [1.54, 1.807) is 36.6 Å². The summed E-state index contributed by atoms with van der Waals surface area (Å²) in [6, 6.07) is 10.5. The molecule has 8 heteroatoms. The first-order valence-corrected chi connectivity index (χ1v) is 10.0. The largest absolute Gasteiger partial charge is 0.341 e. The lowest BCUT2D eigenvalue weighted by atomic mass is 10.2. The summed E-state index contributed by atoms with van der Waals surface area (Å²) in [6.07, 6.45) is 0. The molecule has 0 fully saturated rings. The Balaban J connectivity index is 1.63. The maximum Gasteiger partial charge on any atom is 0.233 e. The van der Waals surface area contributed by atoms with Crippen LogP contribution in [0, 0.1) is 5.82 Å². The summed E-state index contributed by atoms with van der Waals surface area (Å²) in [5.41, 5.74) is 0.505. The Hall–Kier alpha value is -2.19. The van der Waals surface area contributed by atoms with E-state index in [0.717, 1.165) is 17.2 Å². The zero-order chi connectivity index (χ0) is 18.5. The summed E-state index contributed by atoms with van der Waals surface area (Å²) in [5.74, 6) is 0.665. The van der Waals surface area contributed by atoms with E-state index in [9.17, 15) is 9.18 Å². The molecule has 0 unspecified atom stereocenters. The van der Waals surface area contributed by atoms with Gasteiger partial charge < -0.3 is 9.47 Å². The second-order valence-corrected chi connectivity index (χ2v) is 7.55. The van der Waals surface area contributed by atoms with Gasteiger partial charge in [-0.1, -0.05) is 36.0 Å². The van der Waals surface area contributed by atoms with Crippen LogP contribution in [0.4, 0.5) is 4.39 Å². The van der Waals surface area contributed by atoms with E-state index in [0.29, 0.717) is 10.7 Å². The molecule has 1 aromatic carbocycles. The van der Waals surface area contributed by atoms with Crippen molar-refractivity contribution in [2.45, 2.75) is 25.2 Å². The lowest BCUT2D eigenvalue weighted by molar-refractivity contribution is -0.127. The number of benzene rings is 1. The van der Waals surface area contributed by atoms with Crippen LogP contribution in [-0.4, -0.2) is 38.4 Å². The average Bonchev–Trinajstić information content (AvgIpc) is 3.30. The first kappa shape index (κ1) is 18.6. The summed E-state index contributed by atoms with van der Waals surface area (Å²) in [7, 11) is 1.68. The van der Waals surface area contributed by atoms with Crippen LogP contribution in [-0.2, 0) is 17.9 Å². The van der Waals surface area contributed by atoms with Gasteiger partial charge in [0.2, 0.25) is 5.91 Å². The van der Waals surface area contributed by atoms with Gasteiger partial charge in [-0.15, -0.1) is 21.5 Å². The highest BCUT2D eigenvalue weighted by molar-refractivity contribution is 7.99. The molecular weight excluding hydrogens is 371 g/mol. The minimum Gasteiger partial charge on any atom is -0.341 e. The number of hydrogen-bond acceptors (Lipinski definition) is 5. The molecule has 5 nitrogen and oxygen atoms in total. The van der Waals surface area contributed by atoms with Crippen molar-refractivity contribution in [3.8, 4) is 10.7 Å². The molecule has 136 valence electrons. The summed E-state index contributed by atoms with van der Waals surface area (Å²) in [5, 5.41) is 11.2. The van der Waals surface area contributed by atoms with E-state index in [1.165, 1.54) is 22.7 Å². The monoisotopic (exact) mass is 390 g/mol. The SMILES string of the molecule is CCn1c(SCC(=O)N(C)Cc2ccccc2F)nnc1-c1cccs1. The van der Waals surface area contributed by atoms with Gasteiger partial charge in [0.1, 0.15) is 5.82 Å². The highest BCUT2D eigenvalue weighted by Crippen LogP contribution is 2.27. The molecular formula is C18H19FN4OS2. The zero-order valence-electron chi connectivity index (χ0n) is 14.6. The van der Waals surface area contributed by atoms with Gasteiger partial charge >= 0.3 is 0 Å². The Morgan fingerprint density at radius 2 is 2.08 bits per heavy atom. The Labute approximate surface area is 159 Å². The summed E-state index contributed by atoms with van der Waals surface area (Å²) >= 11 is 2.96. The third-order valence-corrected chi connectivity index (χ3v) is 5.71. The minimum atomic E-state index is -0.300. The van der Waals surface area contributed by atoms with E-state index in [2.05, 4.69) is 10.2 Å². The second kappa shape index (κ2) is 8.46. The van der Waals surface area contributed by atoms with E-state index >= 15 is 0 Å². The molecule has 0 aliphatic carbocycles. The van der Waals surface area contributed by atoms with E-state index in [-0.39, 0.29) is 24.0 Å². The number of hydrogen-bond donors (Lipinski definition) is 0. The third kappa shape index (κ3) is 4.13. The number of rotatable bonds is 7. The van der Waals surface area contributed by atoms with Crippen LogP contribution in [0.2, 0.25) is 0 Å². The van der Waals surface area contributed by atoms with Gasteiger partial charge in [-0.3, -0.25) is 4.79 Å². The first-order chi connectivity index (χ1) is 12.6. The van der Waals surface area contributed by atoms with E-state index < -0.39 is 0 Å². The summed E-state index contributed by atoms with van der Waals surface area (Å²) in [6.45, 7) is 2.99. The van der Waals surface area contributed by atoms with E-state index in [4.69, 9.17) is 0 Å². The summed E-state index contributed by atoms with van der Waals surface area (Å²) < 4.78 is 15.7. The van der Waals surface area contributed by atoms with Gasteiger partial charge in [0.05, 0.1) is 10.6 Å². The Morgan fingerprint density at radius 3 is 2.77 bits per heavy atom. The Kier molecular flexibility index (Phi) is 6.05. The smallest absolute Gasteiger partial charge is 0.233 e. The molecule has 0 bridgehead atoms. The number of thioether (sulfide) groups is 1. The number of thiophene rings is 1. The topological polar surface area (TPSA) is 51.0 Å². The fourth-order valence-corrected chi connectivity index (χ4v) is 4.14. The minimum absolute atomic E-state index is 0.0819. The van der Waals surface area contributed by atoms with Crippen LogP contribution >= 0.6 is 23.1 Å². The molecule has 0 N–H and O–H groups in total. The molecule has 2 aromatic heterocycles. The normalized spacial score (nSPS) is 10.9. The van der Waals surface area contributed by atoms with Gasteiger partial charge in [-0.2, -0.15) is 0 Å². The van der Waals surface area contributed by atoms with Crippen LogP contribution < -0.4 is 0 Å². The molecule has 0 atom stereocenters. The molecule has 0 saturated heterocycles. The van der Waals surface area contributed by atoms with Gasteiger partial charge in [0.25, 0.3) is 0 Å². The average molecular weight is 391 g/mol. The van der Waals surface area contributed by atoms with Gasteiger partial charge in [-0.05, 0) is 24.4 Å². The van der Waals surface area contributed by atoms with Crippen molar-refractivity contribution in [2.24, 2.45) is 0 Å². The van der Waals surface area contributed by atoms with Gasteiger partial charge in [0, 0.05) is 25.7 Å². The van der Waals surface area contributed by atoms with Crippen molar-refractivity contribution in [2.75, 3.05) is 12.8 Å². The quantitative estimate of drug-likeness (QED) is 0.574. The van der Waals surface area contributed by atoms with Crippen LogP contribution in [0.25, 0.3) is 10.7 Å². The molecule has 3 aromatic rings. The highest BCUT2D eigenvalue weighted by Gasteiger charge is 2.17. The van der Waals surface area contributed by atoms with Crippen molar-refractivity contribution in [3.05, 3.63) is 53.2 Å². The predicted octanol–water partition coefficient (Wildman–Crippen LogP) is 3.92. The third-order valence-electron chi connectivity index (χ3n) is 3.89. The highest BCUT2D eigenvalue weighted by atomic mass is 32.2. The number of aromatic nitrogens is 3. The first-order valence-electron chi connectivity index (χ1n) is 8.17. The molecule has 0 saturated carbocycles. The number of amides is 1. The molecule has 0 aliphatic rings. The van der Waals surface area contributed by atoms with Crippen LogP contribution in [0.15, 0.2) is 46.9 Å². The fourth-order valence-electron chi connectivity index (χ4n) is 2.48. The number of carbonyl (C=O) groups excluding carboxylic acids is 1. The van der Waals surface area contributed by atoms with Crippen LogP contribution in [0.3, 0.4) is 0 Å². The molecule has 0 radical (unpaired) electrons. The molecule has 1 amide bonds.